The first-order chi connectivity index (χ1) is 8.88. The van der Waals surface area contributed by atoms with E-state index in [-0.39, 0.29) is 5.82 Å². The van der Waals surface area contributed by atoms with Gasteiger partial charge in [0, 0.05) is 32.5 Å². The van der Waals surface area contributed by atoms with Gasteiger partial charge in [-0.3, -0.25) is 0 Å². The number of aromatic nitrogens is 2. The van der Waals surface area contributed by atoms with Crippen molar-refractivity contribution in [1.29, 1.82) is 0 Å². The smallest absolute Gasteiger partial charge is 0.144 e. The molecule has 2 aromatic heterocycles. The molecule has 0 N–H and O–H groups in total. The molecule has 0 fully saturated rings. The summed E-state index contributed by atoms with van der Waals surface area (Å²) in [4.78, 5) is 4.16. The Hall–Kier alpha value is -1.14. The number of hydrogen-bond acceptors (Lipinski definition) is 2. The molecule has 0 unspecified atom stereocenters. The van der Waals surface area contributed by atoms with Gasteiger partial charge in [0.25, 0.3) is 0 Å². The summed E-state index contributed by atoms with van der Waals surface area (Å²) in [7, 11) is 4.71. The monoisotopic (exact) mass is 276 g/mol. The fourth-order valence-corrected chi connectivity index (χ4v) is 2.60. The maximum atomic E-state index is 13.6. The molecule has 0 aliphatic carbocycles. The molecule has 0 aliphatic rings. The lowest BCUT2D eigenvalue weighted by Gasteiger charge is -2.15. The molecule has 0 aliphatic heterocycles. The van der Waals surface area contributed by atoms with Crippen molar-refractivity contribution in [3.8, 4) is 0 Å². The van der Waals surface area contributed by atoms with E-state index in [1.54, 1.807) is 10.8 Å². The zero-order chi connectivity index (χ0) is 14.0. The van der Waals surface area contributed by atoms with Gasteiger partial charge in [-0.25, -0.2) is 9.37 Å². The number of hydrogen-bond donors (Lipinski definition) is 0. The predicted molar refractivity (Wildman–Crippen MR) is 79.2 cm³/mol. The van der Waals surface area contributed by atoms with Crippen molar-refractivity contribution in [1.82, 2.24) is 9.55 Å². The molecule has 100 valence electrons. The first-order valence-electron chi connectivity index (χ1n) is 6.35. The summed E-state index contributed by atoms with van der Waals surface area (Å²) >= 11 is 0. The summed E-state index contributed by atoms with van der Waals surface area (Å²) in [6.07, 6.45) is 3.12. The van der Waals surface area contributed by atoms with Crippen LogP contribution in [0.5, 0.6) is 0 Å². The summed E-state index contributed by atoms with van der Waals surface area (Å²) < 4.78 is 21.0. The van der Waals surface area contributed by atoms with Crippen LogP contribution < -0.4 is 5.46 Å². The van der Waals surface area contributed by atoms with E-state index in [0.717, 1.165) is 6.04 Å². The molecule has 19 heavy (non-hydrogen) atoms. The van der Waals surface area contributed by atoms with Crippen molar-refractivity contribution < 1.29 is 9.13 Å². The number of halogens is 1. The average Bonchev–Trinajstić information content (AvgIpc) is 2.62. The normalized spacial score (nSPS) is 12.2. The topological polar surface area (TPSA) is 27.1 Å². The number of ether oxygens (including phenoxy) is 1. The van der Waals surface area contributed by atoms with Crippen LogP contribution in [0.15, 0.2) is 18.5 Å². The van der Waals surface area contributed by atoms with Crippen LogP contribution in [0.1, 0.15) is 0 Å². The molecule has 0 saturated heterocycles. The molecule has 0 atom stereocenters. The van der Waals surface area contributed by atoms with E-state index in [2.05, 4.69) is 24.6 Å². The van der Waals surface area contributed by atoms with Crippen molar-refractivity contribution in [2.45, 2.75) is 32.4 Å². The summed E-state index contributed by atoms with van der Waals surface area (Å²) in [6, 6.07) is 2.42. The third kappa shape index (κ3) is 3.45. The Kier molecular flexibility index (Phi) is 4.11. The second-order valence-corrected chi connectivity index (χ2v) is 11.5. The van der Waals surface area contributed by atoms with Crippen LogP contribution in [0, 0.1) is 5.82 Å². The van der Waals surface area contributed by atoms with E-state index in [0.29, 0.717) is 29.8 Å². The van der Waals surface area contributed by atoms with Crippen molar-refractivity contribution in [3.05, 3.63) is 24.3 Å². The Bertz CT molecular complexity index is 580. The molecule has 0 saturated carbocycles. The minimum atomic E-state index is -1.09. The van der Waals surface area contributed by atoms with Gasteiger partial charge in [-0.15, -0.1) is 0 Å². The predicted octanol–water partition coefficient (Wildman–Crippen LogP) is 2.28. The highest BCUT2D eigenvalue weighted by atomic mass is 28.3. The summed E-state index contributed by atoms with van der Waals surface area (Å²) in [6.45, 7) is 7.97. The second kappa shape index (κ2) is 5.47. The van der Waals surface area contributed by atoms with Crippen LogP contribution in [-0.4, -0.2) is 32.1 Å². The van der Waals surface area contributed by atoms with Gasteiger partial charge in [0.1, 0.15) is 26.0 Å². The van der Waals surface area contributed by atoms with Crippen LogP contribution in [0.25, 0.3) is 11.0 Å². The highest BCUT2D eigenvalue weighted by Crippen LogP contribution is 2.14. The Morgan fingerprint density at radius 1 is 1.42 bits per heavy atom. The molecule has 0 spiro atoms. The third-order valence-corrected chi connectivity index (χ3v) is 4.67. The average molecular weight is 276 g/mol. The largest absolute Gasteiger partial charge is 0.361 e. The van der Waals surface area contributed by atoms with E-state index in [1.165, 1.54) is 12.3 Å². The van der Waals surface area contributed by atoms with Gasteiger partial charge in [-0.1, -0.05) is 25.1 Å². The zero-order valence-corrected chi connectivity index (χ0v) is 12.6. The van der Waals surface area contributed by atoms with E-state index >= 15 is 0 Å². The Balaban J connectivity index is 2.08. The molecule has 2 heterocycles. The first-order valence-corrected chi connectivity index (χ1v) is 10.1. The van der Waals surface area contributed by atoms with Crippen LogP contribution in [0.4, 0.5) is 4.39 Å². The lowest BCUT2D eigenvalue weighted by atomic mass is 9.97. The van der Waals surface area contributed by atoms with Gasteiger partial charge in [-0.05, 0) is 12.1 Å². The number of fused-ring (bicyclic) bond motifs is 1. The number of rotatable bonds is 5. The summed E-state index contributed by atoms with van der Waals surface area (Å²) in [5.41, 5.74) is 0.930. The zero-order valence-electron chi connectivity index (χ0n) is 11.6. The van der Waals surface area contributed by atoms with Gasteiger partial charge in [0.15, 0.2) is 0 Å². The van der Waals surface area contributed by atoms with Crippen molar-refractivity contribution >= 4 is 32.4 Å². The SMILES string of the molecule is [B]c1cn(COCC[Si](C)(C)C)c2nccc(F)c12. The maximum Gasteiger partial charge on any atom is 0.144 e. The van der Waals surface area contributed by atoms with Crippen LogP contribution in [0.3, 0.4) is 0 Å². The Labute approximate surface area is 115 Å². The fraction of sp³-hybridized carbons (Fsp3) is 0.462. The molecular formula is C13H18BFN2OSi. The first kappa shape index (κ1) is 14.3. The van der Waals surface area contributed by atoms with Gasteiger partial charge in [-0.2, -0.15) is 0 Å². The van der Waals surface area contributed by atoms with Gasteiger partial charge in [0.05, 0.1) is 0 Å². The van der Waals surface area contributed by atoms with Crippen molar-refractivity contribution in [2.75, 3.05) is 6.61 Å². The van der Waals surface area contributed by atoms with E-state index in [4.69, 9.17) is 12.6 Å². The van der Waals surface area contributed by atoms with Crippen LogP contribution >= 0.6 is 0 Å². The molecular weight excluding hydrogens is 258 g/mol. The van der Waals surface area contributed by atoms with Gasteiger partial charge in [0.2, 0.25) is 0 Å². The van der Waals surface area contributed by atoms with Gasteiger partial charge < -0.3 is 9.30 Å². The minimum Gasteiger partial charge on any atom is -0.361 e. The molecule has 2 radical (unpaired) electrons. The molecule has 0 bridgehead atoms. The lowest BCUT2D eigenvalue weighted by Crippen LogP contribution is -2.22. The van der Waals surface area contributed by atoms with Crippen molar-refractivity contribution in [2.24, 2.45) is 0 Å². The Morgan fingerprint density at radius 2 is 2.16 bits per heavy atom. The number of nitrogens with zero attached hydrogens (tertiary/aromatic N) is 2. The highest BCUT2D eigenvalue weighted by molar-refractivity contribution is 6.76. The summed E-state index contributed by atoms with van der Waals surface area (Å²) in [5.74, 6) is -0.344. The van der Waals surface area contributed by atoms with Crippen LogP contribution in [0.2, 0.25) is 25.7 Å². The standard InChI is InChI=1S/C13H18BFN2OSi/c1-19(2,3)7-6-18-9-17-8-10(14)12-11(15)4-5-16-13(12)17/h4-5,8H,6-7,9H2,1-3H3. The van der Waals surface area contributed by atoms with E-state index < -0.39 is 8.07 Å². The molecule has 6 heteroatoms. The van der Waals surface area contributed by atoms with E-state index in [1.807, 2.05) is 0 Å². The highest BCUT2D eigenvalue weighted by Gasteiger charge is 2.13. The van der Waals surface area contributed by atoms with E-state index in [9.17, 15) is 4.39 Å². The fourth-order valence-electron chi connectivity index (χ4n) is 1.85. The third-order valence-electron chi connectivity index (χ3n) is 2.96. The molecule has 2 rings (SSSR count). The second-order valence-electron chi connectivity index (χ2n) is 5.89. The molecule has 3 nitrogen and oxygen atoms in total. The van der Waals surface area contributed by atoms with Gasteiger partial charge >= 0.3 is 0 Å². The van der Waals surface area contributed by atoms with Crippen LogP contribution in [-0.2, 0) is 11.5 Å². The number of pyridine rings is 1. The minimum absolute atomic E-state index is 0.344. The molecule has 2 aromatic rings. The Morgan fingerprint density at radius 3 is 2.84 bits per heavy atom. The molecule has 0 aromatic carbocycles. The quantitative estimate of drug-likeness (QED) is 0.619. The molecule has 0 amide bonds. The lowest BCUT2D eigenvalue weighted by molar-refractivity contribution is 0.0899. The van der Waals surface area contributed by atoms with Crippen molar-refractivity contribution in [3.63, 3.8) is 0 Å². The summed E-state index contributed by atoms with van der Waals surface area (Å²) in [5, 5.41) is 0.372. The maximum absolute atomic E-state index is 13.6.